The Hall–Kier alpha value is -2.28. The first-order valence-electron chi connectivity index (χ1n) is 6.67. The molecule has 2 heterocycles. The Morgan fingerprint density at radius 2 is 2.00 bits per heavy atom. The first kappa shape index (κ1) is 14.6. The standard InChI is InChI=1S/C15H14N2O4S/c1-20-10-5-3-9(4-6-10)17-11-7-8-22-15(19)12(11)13(16-17)14(18)21-2/h3-6H,7-8H2,1-2H3. The first-order chi connectivity index (χ1) is 10.7. The molecule has 1 aromatic carbocycles. The van der Waals surface area contributed by atoms with Gasteiger partial charge in [0.15, 0.2) is 5.69 Å². The lowest BCUT2D eigenvalue weighted by Crippen LogP contribution is -2.14. The van der Waals surface area contributed by atoms with Crippen LogP contribution in [0.15, 0.2) is 24.3 Å². The molecule has 0 unspecified atom stereocenters. The van der Waals surface area contributed by atoms with Crippen LogP contribution in [0.1, 0.15) is 26.5 Å². The van der Waals surface area contributed by atoms with E-state index in [0.717, 1.165) is 17.1 Å². The lowest BCUT2D eigenvalue weighted by Gasteiger charge is -2.13. The van der Waals surface area contributed by atoms with E-state index in [1.54, 1.807) is 23.9 Å². The average Bonchev–Trinajstić information content (AvgIpc) is 2.95. The van der Waals surface area contributed by atoms with E-state index < -0.39 is 5.97 Å². The normalized spacial score (nSPS) is 13.6. The zero-order valence-electron chi connectivity index (χ0n) is 12.2. The van der Waals surface area contributed by atoms with Crippen molar-refractivity contribution in [3.63, 3.8) is 0 Å². The molecule has 0 radical (unpaired) electrons. The summed E-state index contributed by atoms with van der Waals surface area (Å²) in [5, 5.41) is 4.17. The fourth-order valence-electron chi connectivity index (χ4n) is 2.39. The van der Waals surface area contributed by atoms with E-state index in [1.165, 1.54) is 18.9 Å². The number of benzene rings is 1. The Morgan fingerprint density at radius 1 is 1.27 bits per heavy atom. The van der Waals surface area contributed by atoms with Crippen molar-refractivity contribution in [2.75, 3.05) is 20.0 Å². The predicted octanol–water partition coefficient (Wildman–Crippen LogP) is 2.10. The number of fused-ring (bicyclic) bond motifs is 1. The summed E-state index contributed by atoms with van der Waals surface area (Å²) in [6.45, 7) is 0. The van der Waals surface area contributed by atoms with Gasteiger partial charge in [-0.3, -0.25) is 4.79 Å². The van der Waals surface area contributed by atoms with Gasteiger partial charge in [-0.05, 0) is 24.3 Å². The summed E-state index contributed by atoms with van der Waals surface area (Å²) in [7, 11) is 2.87. The van der Waals surface area contributed by atoms with Crippen LogP contribution in [0.25, 0.3) is 5.69 Å². The molecule has 0 atom stereocenters. The molecule has 7 heteroatoms. The van der Waals surface area contributed by atoms with Crippen LogP contribution >= 0.6 is 11.8 Å². The third-order valence-electron chi connectivity index (χ3n) is 3.45. The van der Waals surface area contributed by atoms with Crippen molar-refractivity contribution >= 4 is 22.8 Å². The number of aromatic nitrogens is 2. The minimum Gasteiger partial charge on any atom is -0.497 e. The Morgan fingerprint density at radius 3 is 2.64 bits per heavy atom. The maximum atomic E-state index is 12.2. The number of hydrogen-bond donors (Lipinski definition) is 0. The summed E-state index contributed by atoms with van der Waals surface area (Å²) in [5.41, 5.74) is 1.95. The number of methoxy groups -OCH3 is 2. The van der Waals surface area contributed by atoms with E-state index in [0.29, 0.717) is 17.7 Å². The Balaban J connectivity index is 2.15. The van der Waals surface area contributed by atoms with Crippen LogP contribution in [0.4, 0.5) is 0 Å². The maximum absolute atomic E-state index is 12.2. The number of rotatable bonds is 3. The number of carbonyl (C=O) groups is 2. The molecule has 0 bridgehead atoms. The van der Waals surface area contributed by atoms with Gasteiger partial charge in [-0.15, -0.1) is 0 Å². The quantitative estimate of drug-likeness (QED) is 0.807. The number of thioether (sulfide) groups is 1. The van der Waals surface area contributed by atoms with Crippen LogP contribution in [0, 0.1) is 0 Å². The van der Waals surface area contributed by atoms with Gasteiger partial charge in [0, 0.05) is 12.2 Å². The molecule has 22 heavy (non-hydrogen) atoms. The predicted molar refractivity (Wildman–Crippen MR) is 81.9 cm³/mol. The SMILES string of the molecule is COC(=O)c1nn(-c2ccc(OC)cc2)c2c1C(=O)SCC2. The Bertz CT molecular complexity index is 737. The van der Waals surface area contributed by atoms with Crippen molar-refractivity contribution in [1.82, 2.24) is 9.78 Å². The minimum atomic E-state index is -0.598. The monoisotopic (exact) mass is 318 g/mol. The van der Waals surface area contributed by atoms with Gasteiger partial charge in [-0.2, -0.15) is 5.10 Å². The summed E-state index contributed by atoms with van der Waals surface area (Å²) in [6.07, 6.45) is 0.668. The highest BCUT2D eigenvalue weighted by Gasteiger charge is 2.31. The topological polar surface area (TPSA) is 70.4 Å². The minimum absolute atomic E-state index is 0.0746. The molecule has 114 valence electrons. The van der Waals surface area contributed by atoms with E-state index in [4.69, 9.17) is 9.47 Å². The molecule has 0 amide bonds. The van der Waals surface area contributed by atoms with Gasteiger partial charge in [-0.1, -0.05) is 11.8 Å². The number of esters is 1. The Kier molecular flexibility index (Phi) is 3.89. The highest BCUT2D eigenvalue weighted by atomic mass is 32.2. The molecule has 0 saturated heterocycles. The smallest absolute Gasteiger partial charge is 0.359 e. The van der Waals surface area contributed by atoms with Gasteiger partial charge in [0.25, 0.3) is 0 Å². The number of ether oxygens (including phenoxy) is 2. The molecule has 0 fully saturated rings. The highest BCUT2D eigenvalue weighted by Crippen LogP contribution is 2.30. The highest BCUT2D eigenvalue weighted by molar-refractivity contribution is 8.14. The second kappa shape index (κ2) is 5.84. The van der Waals surface area contributed by atoms with Gasteiger partial charge in [-0.25, -0.2) is 9.48 Å². The zero-order valence-corrected chi connectivity index (χ0v) is 13.0. The van der Waals surface area contributed by atoms with E-state index in [-0.39, 0.29) is 10.8 Å². The molecule has 0 spiro atoms. The third-order valence-corrected chi connectivity index (χ3v) is 4.33. The molecule has 1 aromatic heterocycles. The van der Waals surface area contributed by atoms with Gasteiger partial charge in [0.1, 0.15) is 5.75 Å². The molecule has 1 aliphatic rings. The largest absolute Gasteiger partial charge is 0.497 e. The fourth-order valence-corrected chi connectivity index (χ4v) is 3.23. The van der Waals surface area contributed by atoms with Crippen LogP contribution in [-0.4, -0.2) is 40.8 Å². The average molecular weight is 318 g/mol. The van der Waals surface area contributed by atoms with E-state index in [1.807, 2.05) is 12.1 Å². The van der Waals surface area contributed by atoms with Crippen molar-refractivity contribution in [3.05, 3.63) is 41.2 Å². The summed E-state index contributed by atoms with van der Waals surface area (Å²) in [4.78, 5) is 24.1. The number of hydrogen-bond acceptors (Lipinski definition) is 6. The second-order valence-corrected chi connectivity index (χ2v) is 5.73. The lowest BCUT2D eigenvalue weighted by molar-refractivity contribution is 0.0591. The van der Waals surface area contributed by atoms with Crippen LogP contribution in [0.2, 0.25) is 0 Å². The van der Waals surface area contributed by atoms with Crippen molar-refractivity contribution in [2.24, 2.45) is 0 Å². The van der Waals surface area contributed by atoms with Gasteiger partial charge in [0.2, 0.25) is 5.12 Å². The summed E-state index contributed by atoms with van der Waals surface area (Å²) in [6, 6.07) is 7.28. The molecule has 1 aliphatic heterocycles. The van der Waals surface area contributed by atoms with Crippen molar-refractivity contribution in [3.8, 4) is 11.4 Å². The molecule has 0 N–H and O–H groups in total. The van der Waals surface area contributed by atoms with Crippen LogP contribution in [0.3, 0.4) is 0 Å². The second-order valence-electron chi connectivity index (χ2n) is 4.66. The van der Waals surface area contributed by atoms with Crippen LogP contribution in [0.5, 0.6) is 5.75 Å². The van der Waals surface area contributed by atoms with E-state index >= 15 is 0 Å². The van der Waals surface area contributed by atoms with E-state index in [2.05, 4.69) is 5.10 Å². The van der Waals surface area contributed by atoms with Gasteiger partial charge < -0.3 is 9.47 Å². The Labute approximate surface area is 131 Å². The third kappa shape index (κ3) is 2.37. The van der Waals surface area contributed by atoms with Crippen molar-refractivity contribution in [2.45, 2.75) is 6.42 Å². The fraction of sp³-hybridized carbons (Fsp3) is 0.267. The van der Waals surface area contributed by atoms with Crippen molar-refractivity contribution < 1.29 is 19.1 Å². The maximum Gasteiger partial charge on any atom is 0.359 e. The van der Waals surface area contributed by atoms with Crippen LogP contribution < -0.4 is 4.74 Å². The van der Waals surface area contributed by atoms with Crippen molar-refractivity contribution in [1.29, 1.82) is 0 Å². The van der Waals surface area contributed by atoms with Crippen LogP contribution in [-0.2, 0) is 11.2 Å². The molecule has 0 saturated carbocycles. The zero-order chi connectivity index (χ0) is 15.7. The first-order valence-corrected chi connectivity index (χ1v) is 7.66. The lowest BCUT2D eigenvalue weighted by atomic mass is 10.1. The number of carbonyl (C=O) groups excluding carboxylic acids is 2. The van der Waals surface area contributed by atoms with E-state index in [9.17, 15) is 9.59 Å². The van der Waals surface area contributed by atoms with Gasteiger partial charge >= 0.3 is 5.97 Å². The molecular formula is C15H14N2O4S. The summed E-state index contributed by atoms with van der Waals surface area (Å²) in [5.74, 6) is 0.804. The molecule has 0 aliphatic carbocycles. The molecule has 6 nitrogen and oxygen atoms in total. The van der Waals surface area contributed by atoms with Gasteiger partial charge in [0.05, 0.1) is 31.2 Å². The molecular weight excluding hydrogens is 304 g/mol. The molecule has 2 aromatic rings. The summed E-state index contributed by atoms with van der Waals surface area (Å²) < 4.78 is 11.5. The summed E-state index contributed by atoms with van der Waals surface area (Å²) >= 11 is 1.20. The molecule has 3 rings (SSSR count). The number of nitrogens with zero attached hydrogens (tertiary/aromatic N) is 2.